The third-order valence-electron chi connectivity index (χ3n) is 4.49. The van der Waals surface area contributed by atoms with Crippen molar-refractivity contribution in [1.29, 1.82) is 5.26 Å². The van der Waals surface area contributed by atoms with Crippen molar-refractivity contribution < 1.29 is 22.7 Å². The van der Waals surface area contributed by atoms with E-state index in [1.54, 1.807) is 37.3 Å². The summed E-state index contributed by atoms with van der Waals surface area (Å²) in [5.41, 5.74) is 0.693. The number of amides is 1. The molecule has 1 atom stereocenters. The van der Waals surface area contributed by atoms with Gasteiger partial charge in [0, 0.05) is 4.88 Å². The van der Waals surface area contributed by atoms with E-state index in [2.05, 4.69) is 4.98 Å². The largest absolute Gasteiger partial charge is 0.394 e. The fourth-order valence-corrected chi connectivity index (χ4v) is 4.50. The molecule has 0 bridgehead atoms. The Morgan fingerprint density at radius 3 is 2.56 bits per heavy atom. The summed E-state index contributed by atoms with van der Waals surface area (Å²) < 4.78 is 39.8. The number of nitrogens with one attached hydrogen (secondary N) is 1. The Labute approximate surface area is 188 Å². The number of aliphatic hydroxyl groups is 1. The number of aromatic nitrogens is 1. The molecule has 166 valence electrons. The molecule has 0 aliphatic heterocycles. The van der Waals surface area contributed by atoms with Gasteiger partial charge in [0.1, 0.15) is 11.5 Å². The lowest BCUT2D eigenvalue weighted by molar-refractivity contribution is 0.0977. The molecule has 3 aromatic rings. The lowest BCUT2D eigenvalue weighted by Crippen LogP contribution is -2.30. The van der Waals surface area contributed by atoms with Crippen LogP contribution in [0.5, 0.6) is 0 Å². The van der Waals surface area contributed by atoms with Crippen molar-refractivity contribution in [3.63, 3.8) is 0 Å². The van der Waals surface area contributed by atoms with Gasteiger partial charge in [-0.3, -0.25) is 4.79 Å². The van der Waals surface area contributed by atoms with Gasteiger partial charge in [-0.25, -0.2) is 22.5 Å². The highest BCUT2D eigenvalue weighted by molar-refractivity contribution is 7.89. The molecule has 0 saturated carbocycles. The van der Waals surface area contributed by atoms with Gasteiger partial charge in [-0.15, -0.1) is 11.3 Å². The Hall–Kier alpha value is -3.33. The number of nitrogens with zero attached hydrogens (tertiary/aromatic N) is 3. The smallest absolute Gasteiger partial charge is 0.284 e. The molecule has 32 heavy (non-hydrogen) atoms. The van der Waals surface area contributed by atoms with E-state index < -0.39 is 34.4 Å². The molecular formula is C21H19FN4O4S2. The predicted octanol–water partition coefficient (Wildman–Crippen LogP) is 3.02. The van der Waals surface area contributed by atoms with Crippen LogP contribution in [0.4, 0.5) is 15.2 Å². The SMILES string of the molecule is Cc1sc(N(c2ccc(C#N)cc2F)[C@@H](CO)c2ccccc2)nc1C(=O)NS(C)(=O)=O. The first kappa shape index (κ1) is 23.3. The van der Waals surface area contributed by atoms with Crippen molar-refractivity contribution in [2.45, 2.75) is 13.0 Å². The number of nitriles is 1. The van der Waals surface area contributed by atoms with E-state index in [0.717, 1.165) is 23.7 Å². The van der Waals surface area contributed by atoms with Crippen molar-refractivity contribution in [3.05, 3.63) is 76.0 Å². The van der Waals surface area contributed by atoms with Gasteiger partial charge in [-0.2, -0.15) is 5.26 Å². The lowest BCUT2D eigenvalue weighted by Gasteiger charge is -2.31. The van der Waals surface area contributed by atoms with E-state index in [1.165, 1.54) is 17.0 Å². The lowest BCUT2D eigenvalue weighted by atomic mass is 10.1. The number of halogens is 1. The highest BCUT2D eigenvalue weighted by atomic mass is 32.2. The van der Waals surface area contributed by atoms with Crippen LogP contribution < -0.4 is 9.62 Å². The number of thiazole rings is 1. The number of sulfonamides is 1. The monoisotopic (exact) mass is 474 g/mol. The Morgan fingerprint density at radius 2 is 2.00 bits per heavy atom. The van der Waals surface area contributed by atoms with Gasteiger partial charge in [0.15, 0.2) is 5.13 Å². The zero-order valence-electron chi connectivity index (χ0n) is 17.1. The standard InChI is InChI=1S/C21H19FN4O4S2/c1-13-19(20(28)25-32(2,29)30)24-21(31-13)26(17-9-8-14(11-23)10-16(17)22)18(12-27)15-6-4-3-5-7-15/h3-10,18,27H,12H2,1-2H3,(H,25,28)/t18-/m0/s1. The summed E-state index contributed by atoms with van der Waals surface area (Å²) in [5, 5.41) is 19.4. The zero-order chi connectivity index (χ0) is 23.5. The first-order valence-electron chi connectivity index (χ1n) is 9.29. The first-order chi connectivity index (χ1) is 15.1. The summed E-state index contributed by atoms with van der Waals surface area (Å²) in [6, 6.07) is 13.8. The molecule has 2 aromatic carbocycles. The second-order valence-electron chi connectivity index (χ2n) is 6.86. The van der Waals surface area contributed by atoms with E-state index in [1.807, 2.05) is 10.8 Å². The molecule has 1 aromatic heterocycles. The Bertz CT molecular complexity index is 1290. The second kappa shape index (κ2) is 9.44. The molecule has 2 N–H and O–H groups in total. The molecule has 0 aliphatic rings. The third-order valence-corrected chi connectivity index (χ3v) is 6.02. The minimum Gasteiger partial charge on any atom is -0.394 e. The number of hydrogen-bond acceptors (Lipinski definition) is 8. The summed E-state index contributed by atoms with van der Waals surface area (Å²) in [7, 11) is -3.81. The van der Waals surface area contributed by atoms with Crippen molar-refractivity contribution in [2.24, 2.45) is 0 Å². The molecule has 8 nitrogen and oxygen atoms in total. The van der Waals surface area contributed by atoms with Gasteiger partial charge in [0.05, 0.1) is 36.2 Å². The second-order valence-corrected chi connectivity index (χ2v) is 9.79. The molecule has 0 unspecified atom stereocenters. The molecule has 1 amide bonds. The van der Waals surface area contributed by atoms with Crippen molar-refractivity contribution >= 4 is 38.1 Å². The van der Waals surface area contributed by atoms with E-state index in [9.17, 15) is 18.3 Å². The summed E-state index contributed by atoms with van der Waals surface area (Å²) in [6.07, 6.45) is 0.850. The van der Waals surface area contributed by atoms with Crippen LogP contribution in [0.1, 0.15) is 32.5 Å². The molecule has 11 heteroatoms. The topological polar surface area (TPSA) is 123 Å². The molecule has 0 aliphatic carbocycles. The highest BCUT2D eigenvalue weighted by Gasteiger charge is 2.29. The van der Waals surface area contributed by atoms with E-state index in [4.69, 9.17) is 5.26 Å². The minimum atomic E-state index is -3.81. The number of aliphatic hydroxyl groups excluding tert-OH is 1. The Balaban J connectivity index is 2.17. The predicted molar refractivity (Wildman–Crippen MR) is 119 cm³/mol. The van der Waals surface area contributed by atoms with Gasteiger partial charge in [0.25, 0.3) is 5.91 Å². The van der Waals surface area contributed by atoms with Crippen LogP contribution in [0.15, 0.2) is 48.5 Å². The maximum absolute atomic E-state index is 15.0. The quantitative estimate of drug-likeness (QED) is 0.539. The van der Waals surface area contributed by atoms with E-state index >= 15 is 4.39 Å². The summed E-state index contributed by atoms with van der Waals surface area (Å²) in [4.78, 5) is 18.5. The number of benzene rings is 2. The molecule has 0 radical (unpaired) electrons. The number of carbonyl (C=O) groups excluding carboxylic acids is 1. The number of carbonyl (C=O) groups is 1. The summed E-state index contributed by atoms with van der Waals surface area (Å²) in [6.45, 7) is 1.18. The maximum Gasteiger partial charge on any atom is 0.284 e. The van der Waals surface area contributed by atoms with Gasteiger partial charge in [0.2, 0.25) is 10.0 Å². The molecule has 0 spiro atoms. The van der Waals surface area contributed by atoms with Crippen LogP contribution in [-0.2, 0) is 10.0 Å². The molecule has 0 fully saturated rings. The Morgan fingerprint density at radius 1 is 1.31 bits per heavy atom. The fraction of sp³-hybridized carbons (Fsp3) is 0.190. The summed E-state index contributed by atoms with van der Waals surface area (Å²) in [5.74, 6) is -1.62. The average molecular weight is 475 g/mol. The van der Waals surface area contributed by atoms with Gasteiger partial charge in [-0.05, 0) is 30.7 Å². The van der Waals surface area contributed by atoms with E-state index in [-0.39, 0.29) is 22.1 Å². The Kier molecular flexibility index (Phi) is 6.88. The highest BCUT2D eigenvalue weighted by Crippen LogP contribution is 2.39. The number of aryl methyl sites for hydroxylation is 1. The fourth-order valence-electron chi connectivity index (χ4n) is 3.10. The van der Waals surface area contributed by atoms with Crippen LogP contribution in [-0.4, -0.2) is 37.3 Å². The van der Waals surface area contributed by atoms with Crippen LogP contribution in [0.3, 0.4) is 0 Å². The minimum absolute atomic E-state index is 0.0377. The number of hydrogen-bond donors (Lipinski definition) is 2. The summed E-state index contributed by atoms with van der Waals surface area (Å²) >= 11 is 1.05. The van der Waals surface area contributed by atoms with Crippen molar-refractivity contribution in [1.82, 2.24) is 9.71 Å². The number of anilines is 2. The first-order valence-corrected chi connectivity index (χ1v) is 12.0. The van der Waals surface area contributed by atoms with E-state index in [0.29, 0.717) is 10.4 Å². The van der Waals surface area contributed by atoms with Crippen LogP contribution in [0.2, 0.25) is 0 Å². The maximum atomic E-state index is 15.0. The van der Waals surface area contributed by atoms with Crippen LogP contribution in [0, 0.1) is 24.1 Å². The normalized spacial score (nSPS) is 12.1. The van der Waals surface area contributed by atoms with Crippen molar-refractivity contribution in [2.75, 3.05) is 17.8 Å². The van der Waals surface area contributed by atoms with Gasteiger partial charge >= 0.3 is 0 Å². The van der Waals surface area contributed by atoms with Gasteiger partial charge < -0.3 is 10.0 Å². The van der Waals surface area contributed by atoms with Gasteiger partial charge in [-0.1, -0.05) is 30.3 Å². The molecule has 1 heterocycles. The average Bonchev–Trinajstić information content (AvgIpc) is 3.13. The third kappa shape index (κ3) is 5.11. The molecule has 3 rings (SSSR count). The van der Waals surface area contributed by atoms with Crippen LogP contribution in [0.25, 0.3) is 0 Å². The zero-order valence-corrected chi connectivity index (χ0v) is 18.7. The van der Waals surface area contributed by atoms with Crippen molar-refractivity contribution in [3.8, 4) is 6.07 Å². The van der Waals surface area contributed by atoms with Crippen LogP contribution >= 0.6 is 11.3 Å². The molecular weight excluding hydrogens is 455 g/mol. The molecule has 0 saturated heterocycles. The number of rotatable bonds is 7.